The molecule has 3 saturated heterocycles. The van der Waals surface area contributed by atoms with Crippen LogP contribution < -0.4 is 0 Å². The van der Waals surface area contributed by atoms with Crippen LogP contribution in [0.3, 0.4) is 0 Å². The highest BCUT2D eigenvalue weighted by Crippen LogP contribution is 2.66. The molecule has 0 bridgehead atoms. The lowest BCUT2D eigenvalue weighted by Crippen LogP contribution is -2.60. The fourth-order valence-electron chi connectivity index (χ4n) is 9.21. The van der Waals surface area contributed by atoms with Crippen molar-refractivity contribution in [2.75, 3.05) is 20.1 Å². The van der Waals surface area contributed by atoms with Gasteiger partial charge in [0, 0.05) is 44.0 Å². The third kappa shape index (κ3) is 4.23. The molecule has 242 valence electrons. The summed E-state index contributed by atoms with van der Waals surface area (Å²) >= 11 is 14.7. The van der Waals surface area contributed by atoms with Crippen LogP contribution in [0, 0.1) is 17.8 Å². The second-order valence-electron chi connectivity index (χ2n) is 13.8. The maximum Gasteiger partial charge on any atom is 0.253 e. The Morgan fingerprint density at radius 2 is 1.51 bits per heavy atom. The van der Waals surface area contributed by atoms with Crippen LogP contribution in [0.2, 0.25) is 0 Å². The molecule has 47 heavy (non-hydrogen) atoms. The molecule has 3 aromatic rings. The lowest BCUT2D eigenvalue weighted by Gasteiger charge is -2.51. The highest BCUT2D eigenvalue weighted by molar-refractivity contribution is 6.53. The van der Waals surface area contributed by atoms with E-state index in [9.17, 15) is 24.3 Å². The Balaban J connectivity index is 1.16. The van der Waals surface area contributed by atoms with Crippen molar-refractivity contribution in [2.45, 2.75) is 53.9 Å². The van der Waals surface area contributed by atoms with Crippen molar-refractivity contribution < 1.29 is 24.3 Å². The van der Waals surface area contributed by atoms with Crippen LogP contribution in [0.5, 0.6) is 5.75 Å². The molecule has 6 atom stereocenters. The number of rotatable bonds is 4. The Hall–Kier alpha value is -3.72. The lowest BCUT2D eigenvalue weighted by atomic mass is 9.56. The van der Waals surface area contributed by atoms with Crippen LogP contribution >= 0.6 is 23.2 Å². The number of aromatic hydroxyl groups is 1. The zero-order valence-corrected chi connectivity index (χ0v) is 27.5. The largest absolute Gasteiger partial charge is 0.507 e. The zero-order chi connectivity index (χ0) is 32.8. The van der Waals surface area contributed by atoms with Gasteiger partial charge < -0.3 is 5.11 Å². The monoisotopic (exact) mass is 671 g/mol. The number of phenolic OH excluding ortho intramolecular Hbond substituents is 1. The minimum atomic E-state index is -1.87. The molecule has 4 amide bonds. The Bertz CT molecular complexity index is 1870. The van der Waals surface area contributed by atoms with Crippen LogP contribution in [0.15, 0.2) is 78.4 Å². The Morgan fingerprint density at radius 1 is 0.830 bits per heavy atom. The summed E-state index contributed by atoms with van der Waals surface area (Å²) in [6.07, 6.45) is 3.65. The summed E-state index contributed by atoms with van der Waals surface area (Å²) in [5.74, 6) is -4.23. The first kappa shape index (κ1) is 30.6. The number of allylic oxidation sites excluding steroid dienone is 2. The Morgan fingerprint density at radius 3 is 2.23 bits per heavy atom. The van der Waals surface area contributed by atoms with Crippen molar-refractivity contribution in [3.8, 4) is 5.75 Å². The van der Waals surface area contributed by atoms with Gasteiger partial charge in [0.25, 0.3) is 11.8 Å². The molecule has 0 spiro atoms. The topological polar surface area (TPSA) is 98.2 Å². The highest BCUT2D eigenvalue weighted by atomic mass is 35.5. The van der Waals surface area contributed by atoms with Gasteiger partial charge in [-0.3, -0.25) is 33.9 Å². The van der Waals surface area contributed by atoms with E-state index in [4.69, 9.17) is 23.2 Å². The summed E-state index contributed by atoms with van der Waals surface area (Å²) in [7, 11) is 1.39. The molecule has 2 aliphatic carbocycles. The van der Waals surface area contributed by atoms with Crippen molar-refractivity contribution in [2.24, 2.45) is 17.8 Å². The quantitative estimate of drug-likeness (QED) is 0.233. The van der Waals surface area contributed by atoms with E-state index in [1.807, 2.05) is 42.5 Å². The highest BCUT2D eigenvalue weighted by Gasteiger charge is 2.76. The van der Waals surface area contributed by atoms with Gasteiger partial charge in [-0.15, -0.1) is 23.2 Å². The van der Waals surface area contributed by atoms with Crippen molar-refractivity contribution in [1.29, 1.82) is 0 Å². The molecule has 0 unspecified atom stereocenters. The smallest absolute Gasteiger partial charge is 0.253 e. The van der Waals surface area contributed by atoms with Crippen LogP contribution in [0.4, 0.5) is 0 Å². The zero-order valence-electron chi connectivity index (χ0n) is 25.9. The number of nitrogens with zero attached hydrogens (tertiary/aromatic N) is 3. The average Bonchev–Trinajstić information content (AvgIpc) is 3.41. The molecule has 10 heteroatoms. The molecular weight excluding hydrogens is 637 g/mol. The first-order chi connectivity index (χ1) is 22.6. The van der Waals surface area contributed by atoms with E-state index in [0.717, 1.165) is 30.1 Å². The summed E-state index contributed by atoms with van der Waals surface area (Å²) < 4.78 is 0. The van der Waals surface area contributed by atoms with Gasteiger partial charge >= 0.3 is 0 Å². The van der Waals surface area contributed by atoms with E-state index in [0.29, 0.717) is 35.6 Å². The molecule has 4 fully saturated rings. The van der Waals surface area contributed by atoms with Crippen molar-refractivity contribution in [3.63, 3.8) is 0 Å². The molecule has 1 saturated carbocycles. The number of imide groups is 2. The predicted octanol–water partition coefficient (Wildman–Crippen LogP) is 5.20. The molecule has 5 aliphatic rings. The van der Waals surface area contributed by atoms with Crippen LogP contribution in [0.25, 0.3) is 10.8 Å². The minimum absolute atomic E-state index is 0.0329. The number of halogens is 2. The average molecular weight is 673 g/mol. The molecular formula is C37H35Cl2N3O5. The number of benzene rings is 3. The van der Waals surface area contributed by atoms with E-state index in [-0.39, 0.29) is 30.0 Å². The number of carbonyl (C=O) groups is 4. The molecule has 1 N–H and O–H groups in total. The lowest BCUT2D eigenvalue weighted by molar-refractivity contribution is -0.144. The van der Waals surface area contributed by atoms with E-state index < -0.39 is 45.2 Å². The molecule has 3 heterocycles. The number of hydrogen-bond donors (Lipinski definition) is 1. The molecule has 0 aromatic heterocycles. The minimum Gasteiger partial charge on any atom is -0.507 e. The Labute approximate surface area is 282 Å². The predicted molar refractivity (Wildman–Crippen MR) is 178 cm³/mol. The van der Waals surface area contributed by atoms with Gasteiger partial charge in [0.2, 0.25) is 11.8 Å². The van der Waals surface area contributed by atoms with Crippen molar-refractivity contribution in [1.82, 2.24) is 14.7 Å². The van der Waals surface area contributed by atoms with Crippen molar-refractivity contribution >= 4 is 57.6 Å². The van der Waals surface area contributed by atoms with E-state index >= 15 is 0 Å². The second kappa shape index (κ2) is 10.9. The maximum atomic E-state index is 14.5. The normalized spacial score (nSPS) is 32.9. The molecule has 0 radical (unpaired) electrons. The molecule has 8 nitrogen and oxygen atoms in total. The third-order valence-electron chi connectivity index (χ3n) is 11.5. The fraction of sp³-hybridized carbons (Fsp3) is 0.405. The fourth-order valence-corrected chi connectivity index (χ4v) is 10.2. The summed E-state index contributed by atoms with van der Waals surface area (Å²) in [6.45, 7) is 2.37. The summed E-state index contributed by atoms with van der Waals surface area (Å²) in [5, 5.41) is 11.9. The number of carbonyl (C=O) groups excluding carboxylic acids is 4. The van der Waals surface area contributed by atoms with Gasteiger partial charge in [0.15, 0.2) is 9.75 Å². The van der Waals surface area contributed by atoms with Crippen LogP contribution in [0.1, 0.15) is 42.7 Å². The maximum absolute atomic E-state index is 14.5. The Kier molecular flexibility index (Phi) is 7.10. The van der Waals surface area contributed by atoms with Crippen LogP contribution in [-0.2, 0) is 25.7 Å². The number of phenols is 1. The van der Waals surface area contributed by atoms with E-state index in [1.165, 1.54) is 17.5 Å². The first-order valence-electron chi connectivity index (χ1n) is 16.3. The standard InChI is InChI=1S/C37H35Cl2N3O5/c1-40-34(46)36(38)19-28-26(31(37(36,39)35(40)47)25-13-14-29(43)24-10-6-5-9-23(24)25)11-12-27-30(28)33(45)42(32(27)44)22-15-17-41(18-16-22)20-21-7-3-2-4-8-21/h2-11,13-14,22,27-28,30-31,43H,12,15-20H2,1H3/t27-,28+,30-,31-,36+,37-/m0/s1. The third-order valence-corrected chi connectivity index (χ3v) is 12.9. The van der Waals surface area contributed by atoms with Gasteiger partial charge in [0.05, 0.1) is 11.8 Å². The van der Waals surface area contributed by atoms with Gasteiger partial charge in [-0.05, 0) is 54.2 Å². The summed E-state index contributed by atoms with van der Waals surface area (Å²) in [4.78, 5) is 57.4. The van der Waals surface area contributed by atoms with E-state index in [1.54, 1.807) is 18.2 Å². The number of likely N-dealkylation sites (tertiary alicyclic amines) is 3. The van der Waals surface area contributed by atoms with Crippen LogP contribution in [-0.4, -0.2) is 79.4 Å². The van der Waals surface area contributed by atoms with Gasteiger partial charge in [-0.1, -0.05) is 72.3 Å². The van der Waals surface area contributed by atoms with Gasteiger partial charge in [0.1, 0.15) is 5.75 Å². The molecule has 3 aliphatic heterocycles. The number of hydrogen-bond acceptors (Lipinski definition) is 6. The number of amides is 4. The second-order valence-corrected chi connectivity index (χ2v) is 15.0. The first-order valence-corrected chi connectivity index (χ1v) is 17.1. The number of fused-ring (bicyclic) bond motifs is 5. The van der Waals surface area contributed by atoms with Gasteiger partial charge in [-0.2, -0.15) is 0 Å². The summed E-state index contributed by atoms with van der Waals surface area (Å²) in [5.41, 5.74) is 2.63. The van der Waals surface area contributed by atoms with E-state index in [2.05, 4.69) is 17.0 Å². The van der Waals surface area contributed by atoms with Gasteiger partial charge in [-0.25, -0.2) is 0 Å². The SMILES string of the molecule is CN1C(=O)[C@]2(Cl)C[C@@H]3C(=CC[C@@H]4C(=O)N(C5CCN(Cc6ccccc6)CC5)C(=O)[C@@H]43)[C@H](c3ccc(O)c4ccccc34)[C@]2(Cl)C1=O. The number of piperidine rings is 1. The summed E-state index contributed by atoms with van der Waals surface area (Å²) in [6, 6.07) is 20.6. The molecule has 8 rings (SSSR count). The van der Waals surface area contributed by atoms with Crippen molar-refractivity contribution in [3.05, 3.63) is 89.5 Å². The molecule has 3 aromatic carbocycles. The number of alkyl halides is 2.